The van der Waals surface area contributed by atoms with Crippen LogP contribution in [0.15, 0.2) is 72.8 Å². The fourth-order valence-electron chi connectivity index (χ4n) is 3.97. The van der Waals surface area contributed by atoms with E-state index in [1.54, 1.807) is 0 Å². The summed E-state index contributed by atoms with van der Waals surface area (Å²) in [6.45, 7) is 8.50. The van der Waals surface area contributed by atoms with Gasteiger partial charge in [-0.1, -0.05) is 73.7 Å². The maximum atomic E-state index is 14.0. The molecule has 0 saturated carbocycles. The molecule has 0 radical (unpaired) electrons. The summed E-state index contributed by atoms with van der Waals surface area (Å²) in [6.07, 6.45) is 0.772. The predicted molar refractivity (Wildman–Crippen MR) is 117 cm³/mol. The summed E-state index contributed by atoms with van der Waals surface area (Å²) in [5.41, 5.74) is 7.99. The zero-order valence-corrected chi connectivity index (χ0v) is 17.1. The van der Waals surface area contributed by atoms with Crippen LogP contribution in [-0.4, -0.2) is 0 Å². The first-order chi connectivity index (χ1) is 13.6. The van der Waals surface area contributed by atoms with Crippen LogP contribution in [0.3, 0.4) is 0 Å². The van der Waals surface area contributed by atoms with Crippen LogP contribution >= 0.6 is 0 Å². The standard InChI is InChI=1S/C25H29FN2/c1-5-21-16-18(2)17-24(25(21)27-26)28(19(3)22-12-8-6-9-13-22)20(4)23-14-10-7-11-15-23/h6-17,19-20,27H,5H2,1-4H3. The van der Waals surface area contributed by atoms with Crippen LogP contribution in [0.2, 0.25) is 0 Å². The van der Waals surface area contributed by atoms with Crippen molar-refractivity contribution >= 4 is 11.4 Å². The van der Waals surface area contributed by atoms with E-state index in [0.717, 1.165) is 23.2 Å². The Bertz CT molecular complexity index is 848. The number of nitrogens with one attached hydrogen (secondary N) is 1. The number of aryl methyl sites for hydroxylation is 2. The Morgan fingerprint density at radius 3 is 1.79 bits per heavy atom. The predicted octanol–water partition coefficient (Wildman–Crippen LogP) is 7.18. The van der Waals surface area contributed by atoms with E-state index < -0.39 is 0 Å². The molecule has 0 bridgehead atoms. The van der Waals surface area contributed by atoms with Crippen molar-refractivity contribution in [3.05, 3.63) is 95.1 Å². The third-order valence-corrected chi connectivity index (χ3v) is 5.50. The van der Waals surface area contributed by atoms with E-state index in [1.165, 1.54) is 11.1 Å². The molecule has 3 aromatic rings. The van der Waals surface area contributed by atoms with Crippen molar-refractivity contribution in [2.45, 2.75) is 46.2 Å². The Kier molecular flexibility index (Phi) is 6.35. The molecule has 3 rings (SSSR count). The highest BCUT2D eigenvalue weighted by atomic mass is 19.2. The number of benzene rings is 3. The van der Waals surface area contributed by atoms with Crippen molar-refractivity contribution in [3.8, 4) is 0 Å². The Balaban J connectivity index is 2.18. The van der Waals surface area contributed by atoms with E-state index in [4.69, 9.17) is 0 Å². The number of hydrogen-bond acceptors (Lipinski definition) is 2. The largest absolute Gasteiger partial charge is 0.356 e. The molecule has 28 heavy (non-hydrogen) atoms. The van der Waals surface area contributed by atoms with Gasteiger partial charge < -0.3 is 4.90 Å². The van der Waals surface area contributed by atoms with Crippen LogP contribution in [0.25, 0.3) is 0 Å². The molecule has 3 aromatic carbocycles. The van der Waals surface area contributed by atoms with Gasteiger partial charge in [0.15, 0.2) is 0 Å². The molecule has 0 fully saturated rings. The lowest BCUT2D eigenvalue weighted by Gasteiger charge is -2.39. The first-order valence-corrected chi connectivity index (χ1v) is 9.95. The number of halogens is 1. The molecule has 2 atom stereocenters. The molecule has 2 nitrogen and oxygen atoms in total. The number of hydrogen-bond donors (Lipinski definition) is 1. The summed E-state index contributed by atoms with van der Waals surface area (Å²) in [5, 5.41) is 0. The molecule has 0 aliphatic rings. The number of anilines is 2. The molecular formula is C25H29FN2. The lowest BCUT2D eigenvalue weighted by Crippen LogP contribution is -2.30. The van der Waals surface area contributed by atoms with E-state index in [0.29, 0.717) is 5.69 Å². The highest BCUT2D eigenvalue weighted by Crippen LogP contribution is 2.41. The molecule has 0 amide bonds. The minimum atomic E-state index is 0.0787. The van der Waals surface area contributed by atoms with Crippen molar-refractivity contribution in [2.75, 3.05) is 10.4 Å². The molecular weight excluding hydrogens is 347 g/mol. The third-order valence-electron chi connectivity index (χ3n) is 5.50. The first-order valence-electron chi connectivity index (χ1n) is 9.95. The summed E-state index contributed by atoms with van der Waals surface area (Å²) in [5.74, 6) is 0. The minimum absolute atomic E-state index is 0.0787. The molecule has 146 valence electrons. The van der Waals surface area contributed by atoms with Gasteiger partial charge in [0.05, 0.1) is 23.5 Å². The van der Waals surface area contributed by atoms with Gasteiger partial charge in [-0.05, 0) is 55.5 Å². The molecule has 0 saturated heterocycles. The van der Waals surface area contributed by atoms with Gasteiger partial charge in [0.1, 0.15) is 0 Å². The van der Waals surface area contributed by atoms with E-state index in [2.05, 4.69) is 93.3 Å². The molecule has 0 aliphatic heterocycles. The Hall–Kier alpha value is -2.81. The van der Waals surface area contributed by atoms with Crippen molar-refractivity contribution < 1.29 is 4.48 Å². The summed E-state index contributed by atoms with van der Waals surface area (Å²) in [7, 11) is 0. The maximum absolute atomic E-state index is 14.0. The Morgan fingerprint density at radius 2 is 1.36 bits per heavy atom. The summed E-state index contributed by atoms with van der Waals surface area (Å²) in [6, 6.07) is 25.1. The first kappa shape index (κ1) is 19.9. The third kappa shape index (κ3) is 4.04. The summed E-state index contributed by atoms with van der Waals surface area (Å²) >= 11 is 0. The van der Waals surface area contributed by atoms with Gasteiger partial charge in [-0.3, -0.25) is 0 Å². The van der Waals surface area contributed by atoms with Crippen LogP contribution in [0, 0.1) is 6.92 Å². The van der Waals surface area contributed by atoms with Gasteiger partial charge in [-0.15, -0.1) is 4.48 Å². The van der Waals surface area contributed by atoms with Crippen LogP contribution in [0.4, 0.5) is 15.9 Å². The molecule has 0 heterocycles. The highest BCUT2D eigenvalue weighted by Gasteiger charge is 2.26. The van der Waals surface area contributed by atoms with Gasteiger partial charge in [0, 0.05) is 0 Å². The van der Waals surface area contributed by atoms with Crippen LogP contribution in [-0.2, 0) is 6.42 Å². The quantitative estimate of drug-likeness (QED) is 0.439. The normalized spacial score (nSPS) is 13.0. The van der Waals surface area contributed by atoms with Crippen molar-refractivity contribution in [1.82, 2.24) is 0 Å². The molecule has 2 unspecified atom stereocenters. The Labute approximate surface area is 168 Å². The number of rotatable bonds is 7. The lowest BCUT2D eigenvalue weighted by atomic mass is 9.97. The van der Waals surface area contributed by atoms with Crippen LogP contribution in [0.5, 0.6) is 0 Å². The zero-order valence-electron chi connectivity index (χ0n) is 17.1. The average Bonchev–Trinajstić information content (AvgIpc) is 2.74. The number of nitrogens with zero attached hydrogens (tertiary/aromatic N) is 1. The van der Waals surface area contributed by atoms with Crippen molar-refractivity contribution in [1.29, 1.82) is 0 Å². The lowest BCUT2D eigenvalue weighted by molar-refractivity contribution is 0.578. The fourth-order valence-corrected chi connectivity index (χ4v) is 3.97. The highest BCUT2D eigenvalue weighted by molar-refractivity contribution is 5.75. The monoisotopic (exact) mass is 376 g/mol. The van der Waals surface area contributed by atoms with E-state index >= 15 is 0 Å². The van der Waals surface area contributed by atoms with Gasteiger partial charge in [0.25, 0.3) is 0 Å². The van der Waals surface area contributed by atoms with Gasteiger partial charge in [0.2, 0.25) is 0 Å². The molecule has 0 spiro atoms. The topological polar surface area (TPSA) is 15.3 Å². The smallest absolute Gasteiger partial charge is 0.0921 e. The van der Waals surface area contributed by atoms with Gasteiger partial charge in [-0.25, -0.2) is 5.54 Å². The summed E-state index contributed by atoms with van der Waals surface area (Å²) < 4.78 is 14.0. The molecule has 1 N–H and O–H groups in total. The van der Waals surface area contributed by atoms with Gasteiger partial charge >= 0.3 is 0 Å². The zero-order chi connectivity index (χ0) is 20.1. The van der Waals surface area contributed by atoms with Crippen molar-refractivity contribution in [3.63, 3.8) is 0 Å². The van der Waals surface area contributed by atoms with Crippen LogP contribution < -0.4 is 10.4 Å². The van der Waals surface area contributed by atoms with Crippen LogP contribution in [0.1, 0.15) is 55.1 Å². The molecule has 0 aromatic heterocycles. The molecule has 3 heteroatoms. The van der Waals surface area contributed by atoms with E-state index in [9.17, 15) is 4.48 Å². The fraction of sp³-hybridized carbons (Fsp3) is 0.280. The SMILES string of the molecule is CCc1cc(C)cc(N(C(C)c2ccccc2)C(C)c2ccccc2)c1NF. The van der Waals surface area contributed by atoms with Gasteiger partial charge in [-0.2, -0.15) is 0 Å². The Morgan fingerprint density at radius 1 is 0.857 bits per heavy atom. The maximum Gasteiger partial charge on any atom is 0.0921 e. The van der Waals surface area contributed by atoms with E-state index in [-0.39, 0.29) is 12.1 Å². The van der Waals surface area contributed by atoms with Crippen molar-refractivity contribution in [2.24, 2.45) is 0 Å². The molecule has 0 aliphatic carbocycles. The second kappa shape index (κ2) is 8.92. The van der Waals surface area contributed by atoms with E-state index in [1.807, 2.05) is 17.7 Å². The second-order valence-corrected chi connectivity index (χ2v) is 7.35. The minimum Gasteiger partial charge on any atom is -0.356 e. The second-order valence-electron chi connectivity index (χ2n) is 7.35. The average molecular weight is 377 g/mol. The summed E-state index contributed by atoms with van der Waals surface area (Å²) in [4.78, 5) is 2.32.